The number of phenolic OH excluding ortho intramolecular Hbond substituents is 1. The van der Waals surface area contributed by atoms with Crippen LogP contribution in [0.1, 0.15) is 24.4 Å². The van der Waals surface area contributed by atoms with Crippen molar-refractivity contribution in [3.05, 3.63) is 23.8 Å². The Morgan fingerprint density at radius 1 is 1.16 bits per heavy atom. The van der Waals surface area contributed by atoms with Crippen molar-refractivity contribution in [1.82, 2.24) is 9.80 Å². The second kappa shape index (κ2) is 4.39. The van der Waals surface area contributed by atoms with Crippen LogP contribution in [0.5, 0.6) is 11.5 Å². The number of ether oxygens (including phenoxy) is 1. The van der Waals surface area contributed by atoms with E-state index in [1.807, 2.05) is 6.07 Å². The SMILES string of the molecule is Oc1ccc2c(c1)OCC2N1CCN2CCCC2C1. The Morgan fingerprint density at radius 2 is 2.05 bits per heavy atom. The summed E-state index contributed by atoms with van der Waals surface area (Å²) in [6, 6.07) is 6.64. The normalized spacial score (nSPS) is 30.9. The van der Waals surface area contributed by atoms with Gasteiger partial charge in [-0.3, -0.25) is 9.80 Å². The summed E-state index contributed by atoms with van der Waals surface area (Å²) in [6.45, 7) is 5.49. The number of phenols is 1. The van der Waals surface area contributed by atoms with Crippen molar-refractivity contribution >= 4 is 0 Å². The monoisotopic (exact) mass is 260 g/mol. The summed E-state index contributed by atoms with van der Waals surface area (Å²) in [7, 11) is 0. The second-order valence-corrected chi connectivity index (χ2v) is 5.88. The third-order valence-corrected chi connectivity index (χ3v) is 4.81. The van der Waals surface area contributed by atoms with Gasteiger partial charge < -0.3 is 9.84 Å². The van der Waals surface area contributed by atoms with Crippen LogP contribution in [0.2, 0.25) is 0 Å². The van der Waals surface area contributed by atoms with Crippen molar-refractivity contribution < 1.29 is 9.84 Å². The Hall–Kier alpha value is -1.26. The molecule has 2 atom stereocenters. The lowest BCUT2D eigenvalue weighted by molar-refractivity contribution is 0.0626. The van der Waals surface area contributed by atoms with Gasteiger partial charge in [-0.25, -0.2) is 0 Å². The Kier molecular flexibility index (Phi) is 2.67. The number of benzene rings is 1. The van der Waals surface area contributed by atoms with E-state index in [2.05, 4.69) is 9.80 Å². The average molecular weight is 260 g/mol. The zero-order valence-corrected chi connectivity index (χ0v) is 11.1. The van der Waals surface area contributed by atoms with Gasteiger partial charge in [0.25, 0.3) is 0 Å². The molecule has 19 heavy (non-hydrogen) atoms. The molecule has 1 aromatic carbocycles. The first-order valence-corrected chi connectivity index (χ1v) is 7.25. The van der Waals surface area contributed by atoms with Crippen LogP contribution in [0.25, 0.3) is 0 Å². The van der Waals surface area contributed by atoms with E-state index in [1.54, 1.807) is 12.1 Å². The highest BCUT2D eigenvalue weighted by molar-refractivity contribution is 5.44. The van der Waals surface area contributed by atoms with Gasteiger partial charge >= 0.3 is 0 Å². The first-order valence-electron chi connectivity index (χ1n) is 7.25. The summed E-state index contributed by atoms with van der Waals surface area (Å²) in [4.78, 5) is 5.19. The number of rotatable bonds is 1. The number of piperazine rings is 1. The number of aromatic hydroxyl groups is 1. The molecule has 2 fully saturated rings. The summed E-state index contributed by atoms with van der Waals surface area (Å²) < 4.78 is 5.74. The minimum absolute atomic E-state index is 0.292. The third kappa shape index (κ3) is 1.90. The molecule has 0 radical (unpaired) electrons. The standard InChI is InChI=1S/C15H20N2O2/c18-12-3-4-13-14(10-19-15(13)8-12)17-7-6-16-5-1-2-11(16)9-17/h3-4,8,11,14,18H,1-2,5-7,9-10H2. The van der Waals surface area contributed by atoms with Crippen molar-refractivity contribution in [1.29, 1.82) is 0 Å². The van der Waals surface area contributed by atoms with E-state index in [4.69, 9.17) is 4.74 Å². The zero-order chi connectivity index (χ0) is 12.8. The Morgan fingerprint density at radius 3 is 3.00 bits per heavy atom. The zero-order valence-electron chi connectivity index (χ0n) is 11.1. The molecule has 3 aliphatic rings. The molecule has 102 valence electrons. The maximum atomic E-state index is 9.52. The van der Waals surface area contributed by atoms with Crippen molar-refractivity contribution in [2.45, 2.75) is 24.9 Å². The second-order valence-electron chi connectivity index (χ2n) is 5.88. The minimum Gasteiger partial charge on any atom is -0.508 e. The van der Waals surface area contributed by atoms with E-state index in [1.165, 1.54) is 31.5 Å². The van der Waals surface area contributed by atoms with Crippen LogP contribution in [0.15, 0.2) is 18.2 Å². The molecular formula is C15H20N2O2. The fourth-order valence-corrected chi connectivity index (χ4v) is 3.78. The summed E-state index contributed by atoms with van der Waals surface area (Å²) in [5, 5.41) is 9.52. The molecule has 0 aliphatic carbocycles. The quantitative estimate of drug-likeness (QED) is 0.832. The van der Waals surface area contributed by atoms with Crippen LogP contribution in [0.4, 0.5) is 0 Å². The molecule has 1 N–H and O–H groups in total. The van der Waals surface area contributed by atoms with E-state index in [9.17, 15) is 5.11 Å². The smallest absolute Gasteiger partial charge is 0.127 e. The molecule has 4 rings (SSSR count). The third-order valence-electron chi connectivity index (χ3n) is 4.81. The van der Waals surface area contributed by atoms with E-state index in [0.717, 1.165) is 31.5 Å². The van der Waals surface area contributed by atoms with E-state index in [0.29, 0.717) is 11.8 Å². The van der Waals surface area contributed by atoms with Crippen LogP contribution in [0.3, 0.4) is 0 Å². The topological polar surface area (TPSA) is 35.9 Å². The van der Waals surface area contributed by atoms with Crippen LogP contribution in [0, 0.1) is 0 Å². The van der Waals surface area contributed by atoms with Gasteiger partial charge in [-0.05, 0) is 31.5 Å². The van der Waals surface area contributed by atoms with E-state index in [-0.39, 0.29) is 0 Å². The molecule has 0 saturated carbocycles. The fourth-order valence-electron chi connectivity index (χ4n) is 3.78. The molecule has 0 bridgehead atoms. The lowest BCUT2D eigenvalue weighted by atomic mass is 10.0. The van der Waals surface area contributed by atoms with Crippen molar-refractivity contribution in [2.75, 3.05) is 32.8 Å². The first kappa shape index (κ1) is 11.6. The van der Waals surface area contributed by atoms with Crippen molar-refractivity contribution in [2.24, 2.45) is 0 Å². The van der Waals surface area contributed by atoms with Gasteiger partial charge in [0, 0.05) is 37.3 Å². The predicted octanol–water partition coefficient (Wildman–Crippen LogP) is 1.61. The first-order chi connectivity index (χ1) is 9.31. The Labute approximate surface area is 113 Å². The van der Waals surface area contributed by atoms with Gasteiger partial charge in [0.05, 0.1) is 6.04 Å². The number of hydrogen-bond donors (Lipinski definition) is 1. The molecule has 4 nitrogen and oxygen atoms in total. The van der Waals surface area contributed by atoms with E-state index >= 15 is 0 Å². The minimum atomic E-state index is 0.292. The van der Waals surface area contributed by atoms with Crippen molar-refractivity contribution in [3.63, 3.8) is 0 Å². The van der Waals surface area contributed by atoms with Crippen LogP contribution in [-0.4, -0.2) is 53.7 Å². The summed E-state index contributed by atoms with van der Waals surface area (Å²) in [5.41, 5.74) is 1.24. The number of nitrogens with zero attached hydrogens (tertiary/aromatic N) is 2. The van der Waals surface area contributed by atoms with Crippen LogP contribution < -0.4 is 4.74 Å². The highest BCUT2D eigenvalue weighted by Crippen LogP contribution is 2.39. The maximum absolute atomic E-state index is 9.52. The van der Waals surface area contributed by atoms with Gasteiger partial charge in [0.1, 0.15) is 18.1 Å². The van der Waals surface area contributed by atoms with Crippen LogP contribution >= 0.6 is 0 Å². The Balaban J connectivity index is 1.55. The lowest BCUT2D eigenvalue weighted by Crippen LogP contribution is -2.51. The fraction of sp³-hybridized carbons (Fsp3) is 0.600. The summed E-state index contributed by atoms with van der Waals surface area (Å²) >= 11 is 0. The molecule has 4 heteroatoms. The molecular weight excluding hydrogens is 240 g/mol. The highest BCUT2D eigenvalue weighted by atomic mass is 16.5. The maximum Gasteiger partial charge on any atom is 0.127 e. The molecule has 2 unspecified atom stereocenters. The summed E-state index contributed by atoms with van der Waals surface area (Å²) in [5.74, 6) is 1.15. The molecule has 2 saturated heterocycles. The van der Waals surface area contributed by atoms with Gasteiger partial charge in [0.15, 0.2) is 0 Å². The lowest BCUT2D eigenvalue weighted by Gasteiger charge is -2.40. The van der Waals surface area contributed by atoms with E-state index < -0.39 is 0 Å². The molecule has 0 spiro atoms. The molecule has 1 aromatic rings. The molecule has 3 heterocycles. The predicted molar refractivity (Wildman–Crippen MR) is 72.5 cm³/mol. The number of hydrogen-bond acceptors (Lipinski definition) is 4. The largest absolute Gasteiger partial charge is 0.508 e. The summed E-state index contributed by atoms with van der Waals surface area (Å²) in [6.07, 6.45) is 2.69. The Bertz CT molecular complexity index is 491. The van der Waals surface area contributed by atoms with Crippen molar-refractivity contribution in [3.8, 4) is 11.5 Å². The van der Waals surface area contributed by atoms with Gasteiger partial charge in [-0.2, -0.15) is 0 Å². The van der Waals surface area contributed by atoms with Gasteiger partial charge in [-0.1, -0.05) is 0 Å². The molecule has 0 amide bonds. The molecule has 3 aliphatic heterocycles. The van der Waals surface area contributed by atoms with Crippen LogP contribution in [-0.2, 0) is 0 Å². The van der Waals surface area contributed by atoms with Gasteiger partial charge in [0.2, 0.25) is 0 Å². The number of fused-ring (bicyclic) bond motifs is 2. The highest BCUT2D eigenvalue weighted by Gasteiger charge is 2.36. The molecule has 0 aromatic heterocycles. The van der Waals surface area contributed by atoms with Gasteiger partial charge in [-0.15, -0.1) is 0 Å². The average Bonchev–Trinajstić information content (AvgIpc) is 3.02.